The molecule has 4 atom stereocenters. The van der Waals surface area contributed by atoms with Crippen LogP contribution in [-0.4, -0.2) is 23.3 Å². The van der Waals surface area contributed by atoms with Gasteiger partial charge in [-0.2, -0.15) is 0 Å². The van der Waals surface area contributed by atoms with E-state index in [-0.39, 0.29) is 29.5 Å². The molecule has 0 unspecified atom stereocenters. The Kier molecular flexibility index (Phi) is 2.46. The molecule has 1 N–H and O–H groups in total. The molecule has 1 aliphatic heterocycles. The third kappa shape index (κ3) is 1.37. The number of carbonyl (C=O) groups is 1. The summed E-state index contributed by atoms with van der Waals surface area (Å²) in [6.07, 6.45) is 3.04. The van der Waals surface area contributed by atoms with Crippen LogP contribution < -0.4 is 0 Å². The molecule has 0 aromatic carbocycles. The van der Waals surface area contributed by atoms with Crippen LogP contribution in [0, 0.1) is 11.3 Å². The monoisotopic (exact) mass is 248 g/mol. The quantitative estimate of drug-likeness (QED) is 0.406. The summed E-state index contributed by atoms with van der Waals surface area (Å²) in [7, 11) is 0. The van der Waals surface area contributed by atoms with Gasteiger partial charge < -0.3 is 9.84 Å². The maximum atomic E-state index is 11.7. The average molecular weight is 248 g/mol. The summed E-state index contributed by atoms with van der Waals surface area (Å²) in [6.45, 7) is 8.08. The fraction of sp³-hybridized carbons (Fsp3) is 0.667. The number of carbonyl (C=O) groups excluding carboxylic acids is 1. The fourth-order valence-corrected chi connectivity index (χ4v) is 3.99. The predicted molar refractivity (Wildman–Crippen MR) is 67.8 cm³/mol. The number of aliphatic hydroxyl groups excluding tert-OH is 1. The van der Waals surface area contributed by atoms with Crippen molar-refractivity contribution in [2.75, 3.05) is 0 Å². The molecule has 1 saturated carbocycles. The Morgan fingerprint density at radius 1 is 1.44 bits per heavy atom. The van der Waals surface area contributed by atoms with Crippen LogP contribution in [0.4, 0.5) is 0 Å². The van der Waals surface area contributed by atoms with E-state index >= 15 is 0 Å². The number of ether oxygens (including phenoxy) is 1. The van der Waals surface area contributed by atoms with Gasteiger partial charge in [0.05, 0.1) is 6.10 Å². The summed E-state index contributed by atoms with van der Waals surface area (Å²) in [4.78, 5) is 11.7. The number of fused-ring (bicyclic) bond motifs is 3. The summed E-state index contributed by atoms with van der Waals surface area (Å²) < 4.78 is 5.52. The highest BCUT2D eigenvalue weighted by molar-refractivity contribution is 5.91. The van der Waals surface area contributed by atoms with Crippen LogP contribution in [0.5, 0.6) is 0 Å². The van der Waals surface area contributed by atoms with E-state index in [2.05, 4.69) is 20.4 Å². The Bertz CT molecular complexity index is 462. The largest absolute Gasteiger partial charge is 0.454 e. The second-order valence-electron chi connectivity index (χ2n) is 6.16. The number of hydrogen-bond donors (Lipinski definition) is 1. The molecular formula is C15H20O3. The standard InChI is InChI=1S/C15H20O3/c1-8-4-5-11(16)15(3)7-6-10-9(2)14(17)18-13(10)12(8)15/h10-11,13,16H,2,4-7H2,1,3H3/t10-,11+,13-,15-/m1/s1. The van der Waals surface area contributed by atoms with Gasteiger partial charge >= 0.3 is 5.97 Å². The van der Waals surface area contributed by atoms with E-state index in [4.69, 9.17) is 4.74 Å². The van der Waals surface area contributed by atoms with E-state index in [9.17, 15) is 9.90 Å². The Morgan fingerprint density at radius 2 is 2.17 bits per heavy atom. The van der Waals surface area contributed by atoms with Crippen LogP contribution >= 0.6 is 0 Å². The van der Waals surface area contributed by atoms with Crippen molar-refractivity contribution in [1.29, 1.82) is 0 Å². The molecule has 2 aliphatic carbocycles. The van der Waals surface area contributed by atoms with Gasteiger partial charge in [0.1, 0.15) is 6.10 Å². The topological polar surface area (TPSA) is 46.5 Å². The average Bonchev–Trinajstić information content (AvgIpc) is 2.60. The highest BCUT2D eigenvalue weighted by Gasteiger charge is 2.54. The van der Waals surface area contributed by atoms with Crippen LogP contribution in [0.3, 0.4) is 0 Å². The third-order valence-corrected chi connectivity index (χ3v) is 5.17. The van der Waals surface area contributed by atoms with Crippen molar-refractivity contribution in [2.24, 2.45) is 11.3 Å². The molecule has 3 aliphatic rings. The molecular weight excluding hydrogens is 228 g/mol. The maximum Gasteiger partial charge on any atom is 0.334 e. The van der Waals surface area contributed by atoms with Crippen LogP contribution in [0.2, 0.25) is 0 Å². The van der Waals surface area contributed by atoms with Crippen LogP contribution in [0.15, 0.2) is 23.3 Å². The lowest BCUT2D eigenvalue weighted by molar-refractivity contribution is -0.139. The molecule has 0 spiro atoms. The number of esters is 1. The zero-order valence-electron chi connectivity index (χ0n) is 11.0. The molecule has 1 saturated heterocycles. The van der Waals surface area contributed by atoms with Gasteiger partial charge in [-0.3, -0.25) is 0 Å². The Balaban J connectivity index is 2.08. The Hall–Kier alpha value is -1.09. The van der Waals surface area contributed by atoms with Crippen LogP contribution in [0.25, 0.3) is 0 Å². The molecule has 98 valence electrons. The summed E-state index contributed by atoms with van der Waals surface area (Å²) in [5.74, 6) is -0.129. The van der Waals surface area contributed by atoms with Gasteiger partial charge in [0, 0.05) is 16.9 Å². The number of rotatable bonds is 0. The van der Waals surface area contributed by atoms with E-state index in [0.717, 1.165) is 25.7 Å². The molecule has 2 fully saturated rings. The molecule has 0 radical (unpaired) electrons. The van der Waals surface area contributed by atoms with Crippen molar-refractivity contribution < 1.29 is 14.6 Å². The summed E-state index contributed by atoms with van der Waals surface area (Å²) in [6, 6.07) is 0. The van der Waals surface area contributed by atoms with Gasteiger partial charge in [-0.05, 0) is 38.2 Å². The Morgan fingerprint density at radius 3 is 2.89 bits per heavy atom. The minimum atomic E-state index is -0.315. The van der Waals surface area contributed by atoms with Gasteiger partial charge in [0.25, 0.3) is 0 Å². The molecule has 0 amide bonds. The van der Waals surface area contributed by atoms with Crippen molar-refractivity contribution >= 4 is 5.97 Å². The lowest BCUT2D eigenvalue weighted by Gasteiger charge is -2.48. The zero-order valence-corrected chi connectivity index (χ0v) is 11.0. The molecule has 0 bridgehead atoms. The minimum Gasteiger partial charge on any atom is -0.454 e. The lowest BCUT2D eigenvalue weighted by Crippen LogP contribution is -2.46. The van der Waals surface area contributed by atoms with Gasteiger partial charge in [-0.25, -0.2) is 4.79 Å². The summed E-state index contributed by atoms with van der Waals surface area (Å²) in [5.41, 5.74) is 2.86. The van der Waals surface area contributed by atoms with Crippen molar-refractivity contribution in [3.8, 4) is 0 Å². The second kappa shape index (κ2) is 3.70. The summed E-state index contributed by atoms with van der Waals surface area (Å²) in [5, 5.41) is 10.3. The van der Waals surface area contributed by atoms with Crippen molar-refractivity contribution in [1.82, 2.24) is 0 Å². The smallest absolute Gasteiger partial charge is 0.334 e. The number of hydrogen-bond acceptors (Lipinski definition) is 3. The minimum absolute atomic E-state index is 0.126. The van der Waals surface area contributed by atoms with Crippen LogP contribution in [0.1, 0.15) is 39.5 Å². The zero-order chi connectivity index (χ0) is 13.1. The molecule has 18 heavy (non-hydrogen) atoms. The first-order chi connectivity index (χ1) is 8.45. The second-order valence-corrected chi connectivity index (χ2v) is 6.16. The maximum absolute atomic E-state index is 11.7. The van der Waals surface area contributed by atoms with Gasteiger partial charge in [-0.1, -0.05) is 19.1 Å². The van der Waals surface area contributed by atoms with Gasteiger partial charge in [-0.15, -0.1) is 0 Å². The van der Waals surface area contributed by atoms with E-state index in [1.54, 1.807) is 0 Å². The molecule has 3 nitrogen and oxygen atoms in total. The lowest BCUT2D eigenvalue weighted by atomic mass is 9.59. The highest BCUT2D eigenvalue weighted by Crippen LogP contribution is 2.55. The van der Waals surface area contributed by atoms with Gasteiger partial charge in [0.2, 0.25) is 0 Å². The molecule has 3 heteroatoms. The van der Waals surface area contributed by atoms with E-state index in [0.29, 0.717) is 5.57 Å². The van der Waals surface area contributed by atoms with E-state index in [1.807, 2.05) is 0 Å². The molecule has 0 aromatic rings. The predicted octanol–water partition coefficient (Wildman–Crippen LogP) is 2.36. The van der Waals surface area contributed by atoms with E-state index < -0.39 is 0 Å². The molecule has 3 rings (SSSR count). The first-order valence-corrected chi connectivity index (χ1v) is 6.73. The highest BCUT2D eigenvalue weighted by atomic mass is 16.6. The first-order valence-electron chi connectivity index (χ1n) is 6.73. The van der Waals surface area contributed by atoms with Crippen molar-refractivity contribution in [2.45, 2.75) is 51.7 Å². The summed E-state index contributed by atoms with van der Waals surface area (Å²) >= 11 is 0. The van der Waals surface area contributed by atoms with Gasteiger partial charge in [0.15, 0.2) is 0 Å². The van der Waals surface area contributed by atoms with E-state index in [1.165, 1.54) is 11.1 Å². The number of aliphatic hydroxyl groups is 1. The first kappa shape index (κ1) is 12.0. The number of allylic oxidation sites excluding steroid dienone is 1. The third-order valence-electron chi connectivity index (χ3n) is 5.17. The normalized spacial score (nSPS) is 43.6. The van der Waals surface area contributed by atoms with Crippen molar-refractivity contribution in [3.05, 3.63) is 23.3 Å². The fourth-order valence-electron chi connectivity index (χ4n) is 3.99. The molecule has 0 aromatic heterocycles. The van der Waals surface area contributed by atoms with Crippen molar-refractivity contribution in [3.63, 3.8) is 0 Å². The van der Waals surface area contributed by atoms with Crippen LogP contribution in [-0.2, 0) is 9.53 Å². The molecule has 1 heterocycles. The SMILES string of the molecule is C=C1C(=O)O[C@H]2C3=C(C)CC[C@H](O)[C@@]3(C)CC[C@H]12. The Labute approximate surface area is 108 Å².